The van der Waals surface area contributed by atoms with Gasteiger partial charge in [-0.2, -0.15) is 13.2 Å². The summed E-state index contributed by atoms with van der Waals surface area (Å²) in [5.74, 6) is -0.642. The highest BCUT2D eigenvalue weighted by atomic mass is 35.5. The lowest BCUT2D eigenvalue weighted by Gasteiger charge is -2.16. The summed E-state index contributed by atoms with van der Waals surface area (Å²) in [4.78, 5) is 12.4. The maximum Gasteiger partial charge on any atom is 0.416 e. The predicted octanol–water partition coefficient (Wildman–Crippen LogP) is 3.93. The Morgan fingerprint density at radius 1 is 1.19 bits per heavy atom. The van der Waals surface area contributed by atoms with Crippen molar-refractivity contribution in [1.82, 2.24) is 0 Å². The van der Waals surface area contributed by atoms with E-state index in [1.54, 1.807) is 0 Å². The Labute approximate surface area is 158 Å². The highest BCUT2D eigenvalue weighted by molar-refractivity contribution is 7.92. The van der Waals surface area contributed by atoms with Crippen LogP contribution in [0.5, 0.6) is 0 Å². The van der Waals surface area contributed by atoms with Gasteiger partial charge in [0.25, 0.3) is 5.91 Å². The molecule has 0 bridgehead atoms. The van der Waals surface area contributed by atoms with Gasteiger partial charge in [-0.1, -0.05) is 11.6 Å². The lowest BCUT2D eigenvalue weighted by atomic mass is 10.1. The Morgan fingerprint density at radius 3 is 2.52 bits per heavy atom. The van der Waals surface area contributed by atoms with Gasteiger partial charge in [0.2, 0.25) is 10.0 Å². The lowest BCUT2D eigenvalue weighted by molar-refractivity contribution is -0.137. The zero-order valence-electron chi connectivity index (χ0n) is 14.0. The zero-order chi connectivity index (χ0) is 20.0. The minimum Gasteiger partial charge on any atom is -0.321 e. The van der Waals surface area contributed by atoms with Crippen LogP contribution in [0.4, 0.5) is 24.5 Å². The summed E-state index contributed by atoms with van der Waals surface area (Å²) in [6.45, 7) is 0.276. The van der Waals surface area contributed by atoms with E-state index in [1.807, 2.05) is 0 Å². The van der Waals surface area contributed by atoms with Gasteiger partial charge in [-0.25, -0.2) is 8.42 Å². The maximum atomic E-state index is 12.8. The standard InChI is InChI=1S/C17H14ClF3N2O3S/c1-27(25,26)23-7-6-10-8-11(2-5-15(10)23)16(24)22-14-9-12(17(19,20)21)3-4-13(14)18/h2-5,8-9H,6-7H2,1H3,(H,22,24). The van der Waals surface area contributed by atoms with Crippen LogP contribution in [-0.2, 0) is 22.6 Å². The van der Waals surface area contributed by atoms with Crippen LogP contribution >= 0.6 is 11.6 Å². The lowest BCUT2D eigenvalue weighted by Crippen LogP contribution is -2.27. The largest absolute Gasteiger partial charge is 0.416 e. The van der Waals surface area contributed by atoms with Crippen LogP contribution in [0, 0.1) is 0 Å². The number of fused-ring (bicyclic) bond motifs is 1. The van der Waals surface area contributed by atoms with Gasteiger partial charge in [-0.05, 0) is 48.4 Å². The molecule has 0 unspecified atom stereocenters. The molecule has 0 fully saturated rings. The average molecular weight is 419 g/mol. The SMILES string of the molecule is CS(=O)(=O)N1CCc2cc(C(=O)Nc3cc(C(F)(F)F)ccc3Cl)ccc21. The second-order valence-electron chi connectivity index (χ2n) is 6.08. The van der Waals surface area contributed by atoms with Gasteiger partial charge >= 0.3 is 6.18 Å². The molecule has 1 aliphatic heterocycles. The number of benzene rings is 2. The minimum atomic E-state index is -4.56. The normalized spacial score (nSPS) is 14.2. The van der Waals surface area contributed by atoms with E-state index in [2.05, 4.69) is 5.32 Å². The summed E-state index contributed by atoms with van der Waals surface area (Å²) < 4.78 is 63.2. The molecule has 2 aromatic rings. The van der Waals surface area contributed by atoms with Crippen molar-refractivity contribution in [3.63, 3.8) is 0 Å². The fraction of sp³-hybridized carbons (Fsp3) is 0.235. The van der Waals surface area contributed by atoms with Crippen molar-refractivity contribution in [2.24, 2.45) is 0 Å². The van der Waals surface area contributed by atoms with E-state index in [4.69, 9.17) is 11.6 Å². The van der Waals surface area contributed by atoms with Gasteiger partial charge in [0.1, 0.15) is 0 Å². The number of carbonyl (C=O) groups excluding carboxylic acids is 1. The summed E-state index contributed by atoms with van der Waals surface area (Å²) in [6, 6.07) is 7.10. The first kappa shape index (κ1) is 19.5. The Morgan fingerprint density at radius 2 is 1.89 bits per heavy atom. The Balaban J connectivity index is 1.86. The van der Waals surface area contributed by atoms with E-state index >= 15 is 0 Å². The number of nitrogens with one attached hydrogen (secondary N) is 1. The number of carbonyl (C=O) groups is 1. The Kier molecular flexibility index (Phi) is 4.85. The van der Waals surface area contributed by atoms with E-state index < -0.39 is 27.7 Å². The number of amides is 1. The van der Waals surface area contributed by atoms with Crippen molar-refractivity contribution in [2.75, 3.05) is 22.4 Å². The van der Waals surface area contributed by atoms with E-state index in [9.17, 15) is 26.4 Å². The number of sulfonamides is 1. The molecule has 3 rings (SSSR count). The predicted molar refractivity (Wildman–Crippen MR) is 96.7 cm³/mol. The third kappa shape index (κ3) is 4.03. The first-order valence-corrected chi connectivity index (χ1v) is 9.98. The number of hydrogen-bond donors (Lipinski definition) is 1. The first-order valence-electron chi connectivity index (χ1n) is 7.75. The van der Waals surface area contributed by atoms with Crippen LogP contribution in [0.3, 0.4) is 0 Å². The number of hydrogen-bond acceptors (Lipinski definition) is 3. The van der Waals surface area contributed by atoms with Gasteiger partial charge in [-0.3, -0.25) is 9.10 Å². The molecule has 5 nitrogen and oxygen atoms in total. The van der Waals surface area contributed by atoms with Gasteiger partial charge in [0, 0.05) is 12.1 Å². The molecule has 1 amide bonds. The molecule has 1 heterocycles. The summed E-state index contributed by atoms with van der Waals surface area (Å²) in [5, 5.41) is 2.34. The zero-order valence-corrected chi connectivity index (χ0v) is 15.5. The van der Waals surface area contributed by atoms with Crippen molar-refractivity contribution in [1.29, 1.82) is 0 Å². The second-order valence-corrected chi connectivity index (χ2v) is 8.39. The topological polar surface area (TPSA) is 66.5 Å². The number of halogens is 4. The van der Waals surface area contributed by atoms with Crippen molar-refractivity contribution in [2.45, 2.75) is 12.6 Å². The van der Waals surface area contributed by atoms with E-state index in [0.29, 0.717) is 17.7 Å². The summed E-state index contributed by atoms with van der Waals surface area (Å²) >= 11 is 5.89. The quantitative estimate of drug-likeness (QED) is 0.821. The molecule has 0 saturated carbocycles. The van der Waals surface area contributed by atoms with E-state index in [-0.39, 0.29) is 22.8 Å². The number of anilines is 2. The van der Waals surface area contributed by atoms with Crippen LogP contribution < -0.4 is 9.62 Å². The van der Waals surface area contributed by atoms with Gasteiger partial charge in [-0.15, -0.1) is 0 Å². The smallest absolute Gasteiger partial charge is 0.321 e. The van der Waals surface area contributed by atoms with Crippen molar-refractivity contribution >= 4 is 38.9 Å². The maximum absolute atomic E-state index is 12.8. The Bertz CT molecular complexity index is 1020. The third-order valence-electron chi connectivity index (χ3n) is 4.14. The number of rotatable bonds is 3. The first-order chi connectivity index (χ1) is 12.5. The molecule has 1 N–H and O–H groups in total. The molecule has 0 spiro atoms. The Hall–Kier alpha value is -2.26. The van der Waals surface area contributed by atoms with Crippen LogP contribution in [0.15, 0.2) is 36.4 Å². The van der Waals surface area contributed by atoms with Gasteiger partial charge < -0.3 is 5.32 Å². The molecule has 2 aromatic carbocycles. The van der Waals surface area contributed by atoms with Gasteiger partial charge in [0.05, 0.1) is 28.2 Å². The molecular weight excluding hydrogens is 405 g/mol. The minimum absolute atomic E-state index is 0.0271. The van der Waals surface area contributed by atoms with E-state index in [1.165, 1.54) is 22.5 Å². The van der Waals surface area contributed by atoms with Crippen molar-refractivity contribution in [3.05, 3.63) is 58.1 Å². The molecule has 0 saturated heterocycles. The van der Waals surface area contributed by atoms with Crippen molar-refractivity contribution < 1.29 is 26.4 Å². The number of nitrogens with zero attached hydrogens (tertiary/aromatic N) is 1. The fourth-order valence-corrected chi connectivity index (χ4v) is 3.97. The molecule has 27 heavy (non-hydrogen) atoms. The second kappa shape index (κ2) is 6.72. The molecular formula is C17H14ClF3N2O3S. The summed E-state index contributed by atoms with van der Waals surface area (Å²) in [6.07, 6.45) is -3.03. The molecule has 0 radical (unpaired) electrons. The van der Waals surface area contributed by atoms with Crippen LogP contribution in [0.25, 0.3) is 0 Å². The number of alkyl halides is 3. The molecule has 0 aromatic heterocycles. The molecule has 0 aliphatic carbocycles. The fourth-order valence-electron chi connectivity index (χ4n) is 2.85. The molecule has 1 aliphatic rings. The molecule has 10 heteroatoms. The average Bonchev–Trinajstić information content (AvgIpc) is 2.99. The summed E-state index contributed by atoms with van der Waals surface area (Å²) in [5.41, 5.74) is 0.265. The van der Waals surface area contributed by atoms with E-state index in [0.717, 1.165) is 24.5 Å². The summed E-state index contributed by atoms with van der Waals surface area (Å²) in [7, 11) is -3.41. The van der Waals surface area contributed by atoms with Crippen LogP contribution in [-0.4, -0.2) is 27.1 Å². The molecule has 144 valence electrons. The van der Waals surface area contributed by atoms with Crippen molar-refractivity contribution in [3.8, 4) is 0 Å². The third-order valence-corrected chi connectivity index (χ3v) is 5.65. The monoisotopic (exact) mass is 418 g/mol. The molecule has 0 atom stereocenters. The van der Waals surface area contributed by atoms with Gasteiger partial charge in [0.15, 0.2) is 0 Å². The highest BCUT2D eigenvalue weighted by Crippen LogP contribution is 2.34. The van der Waals surface area contributed by atoms with Crippen LogP contribution in [0.1, 0.15) is 21.5 Å². The van der Waals surface area contributed by atoms with Crippen LogP contribution in [0.2, 0.25) is 5.02 Å². The highest BCUT2D eigenvalue weighted by Gasteiger charge is 2.31.